The third kappa shape index (κ3) is 2.66. The van der Waals surface area contributed by atoms with Crippen molar-refractivity contribution in [2.24, 2.45) is 0 Å². The second-order valence-electron chi connectivity index (χ2n) is 4.79. The van der Waals surface area contributed by atoms with Crippen LogP contribution < -0.4 is 15.0 Å². The van der Waals surface area contributed by atoms with E-state index in [1.54, 1.807) is 6.33 Å². The summed E-state index contributed by atoms with van der Waals surface area (Å²) in [7, 11) is 0. The van der Waals surface area contributed by atoms with Gasteiger partial charge in [0, 0.05) is 31.2 Å². The van der Waals surface area contributed by atoms with Gasteiger partial charge in [-0.2, -0.15) is 0 Å². The van der Waals surface area contributed by atoms with Crippen LogP contribution in [-0.4, -0.2) is 41.7 Å². The highest BCUT2D eigenvalue weighted by Gasteiger charge is 2.30. The van der Waals surface area contributed by atoms with E-state index in [4.69, 9.17) is 4.74 Å². The van der Waals surface area contributed by atoms with Crippen LogP contribution >= 0.6 is 0 Å². The molecule has 5 nitrogen and oxygen atoms in total. The number of hydrogen-bond acceptors (Lipinski definition) is 5. The first-order chi connectivity index (χ1) is 8.13. The van der Waals surface area contributed by atoms with Gasteiger partial charge in [0.15, 0.2) is 0 Å². The first kappa shape index (κ1) is 12.1. The Morgan fingerprint density at radius 3 is 3.00 bits per heavy atom. The van der Waals surface area contributed by atoms with Crippen LogP contribution in [0.4, 0.5) is 5.82 Å². The van der Waals surface area contributed by atoms with Gasteiger partial charge in [0.25, 0.3) is 0 Å². The summed E-state index contributed by atoms with van der Waals surface area (Å²) < 4.78 is 5.41. The molecular formula is C12H20N4O. The van der Waals surface area contributed by atoms with Crippen LogP contribution in [0, 0.1) is 0 Å². The second-order valence-corrected chi connectivity index (χ2v) is 4.79. The lowest BCUT2D eigenvalue weighted by Crippen LogP contribution is -2.58. The molecule has 1 aliphatic rings. The van der Waals surface area contributed by atoms with Crippen molar-refractivity contribution in [1.29, 1.82) is 0 Å². The molecule has 1 saturated heterocycles. The molecule has 5 heteroatoms. The monoisotopic (exact) mass is 236 g/mol. The summed E-state index contributed by atoms with van der Waals surface area (Å²) in [5.74, 6) is 1.58. The molecule has 0 aromatic carbocycles. The maximum atomic E-state index is 5.41. The molecule has 1 aliphatic heterocycles. The highest BCUT2D eigenvalue weighted by atomic mass is 16.5. The van der Waals surface area contributed by atoms with E-state index in [0.29, 0.717) is 12.5 Å². The SMILES string of the molecule is CCOc1cc(N2CCNCC2(C)C)ncn1. The van der Waals surface area contributed by atoms with E-state index in [2.05, 4.69) is 34.0 Å². The fourth-order valence-corrected chi connectivity index (χ4v) is 2.11. The zero-order valence-corrected chi connectivity index (χ0v) is 10.7. The van der Waals surface area contributed by atoms with Gasteiger partial charge >= 0.3 is 0 Å². The van der Waals surface area contributed by atoms with Gasteiger partial charge in [-0.15, -0.1) is 0 Å². The van der Waals surface area contributed by atoms with Crippen LogP contribution in [-0.2, 0) is 0 Å². The van der Waals surface area contributed by atoms with Crippen molar-refractivity contribution in [3.63, 3.8) is 0 Å². The molecule has 0 atom stereocenters. The molecule has 0 unspecified atom stereocenters. The maximum Gasteiger partial charge on any atom is 0.218 e. The summed E-state index contributed by atoms with van der Waals surface area (Å²) in [6.45, 7) is 9.90. The zero-order chi connectivity index (χ0) is 12.3. The van der Waals surface area contributed by atoms with Crippen molar-refractivity contribution in [3.8, 4) is 5.88 Å². The van der Waals surface area contributed by atoms with Gasteiger partial charge < -0.3 is 15.0 Å². The van der Waals surface area contributed by atoms with Gasteiger partial charge in [-0.25, -0.2) is 9.97 Å². The predicted molar refractivity (Wildman–Crippen MR) is 67.5 cm³/mol. The lowest BCUT2D eigenvalue weighted by atomic mass is 10.0. The molecule has 1 fully saturated rings. The summed E-state index contributed by atoms with van der Waals surface area (Å²) in [6.07, 6.45) is 1.57. The molecule has 94 valence electrons. The lowest BCUT2D eigenvalue weighted by molar-refractivity contribution is 0.325. The quantitative estimate of drug-likeness (QED) is 0.850. The molecule has 2 rings (SSSR count). The largest absolute Gasteiger partial charge is 0.478 e. The van der Waals surface area contributed by atoms with Gasteiger partial charge in [0.1, 0.15) is 12.1 Å². The van der Waals surface area contributed by atoms with Gasteiger partial charge in [-0.1, -0.05) is 0 Å². The number of nitrogens with zero attached hydrogens (tertiary/aromatic N) is 3. The molecule has 17 heavy (non-hydrogen) atoms. The molecule has 0 saturated carbocycles. The number of piperazine rings is 1. The minimum absolute atomic E-state index is 0.0656. The molecule has 0 amide bonds. The van der Waals surface area contributed by atoms with Crippen molar-refractivity contribution in [2.45, 2.75) is 26.3 Å². The lowest BCUT2D eigenvalue weighted by Gasteiger charge is -2.43. The molecule has 0 radical (unpaired) electrons. The fraction of sp³-hybridized carbons (Fsp3) is 0.667. The zero-order valence-electron chi connectivity index (χ0n) is 10.7. The molecule has 1 aromatic rings. The Morgan fingerprint density at radius 2 is 2.29 bits per heavy atom. The van der Waals surface area contributed by atoms with E-state index >= 15 is 0 Å². The molecule has 1 N–H and O–H groups in total. The molecular weight excluding hydrogens is 216 g/mol. The smallest absolute Gasteiger partial charge is 0.218 e. The Balaban J connectivity index is 2.23. The van der Waals surface area contributed by atoms with Gasteiger partial charge in [-0.05, 0) is 20.8 Å². The first-order valence-electron chi connectivity index (χ1n) is 6.06. The Bertz CT molecular complexity index is 381. The summed E-state index contributed by atoms with van der Waals surface area (Å²) in [6, 6.07) is 1.91. The number of rotatable bonds is 3. The van der Waals surface area contributed by atoms with Gasteiger partial charge in [0.2, 0.25) is 5.88 Å². The Morgan fingerprint density at radius 1 is 1.47 bits per heavy atom. The van der Waals surface area contributed by atoms with E-state index < -0.39 is 0 Å². The normalized spacial score (nSPS) is 19.1. The number of anilines is 1. The van der Waals surface area contributed by atoms with E-state index in [-0.39, 0.29) is 5.54 Å². The van der Waals surface area contributed by atoms with Crippen LogP contribution in [0.5, 0.6) is 5.88 Å². The van der Waals surface area contributed by atoms with E-state index in [1.165, 1.54) is 0 Å². The van der Waals surface area contributed by atoms with Crippen LogP contribution in [0.25, 0.3) is 0 Å². The Hall–Kier alpha value is -1.36. The van der Waals surface area contributed by atoms with Gasteiger partial charge in [-0.3, -0.25) is 0 Å². The van der Waals surface area contributed by atoms with Crippen molar-refractivity contribution < 1.29 is 4.74 Å². The third-order valence-corrected chi connectivity index (χ3v) is 3.00. The summed E-state index contributed by atoms with van der Waals surface area (Å²) >= 11 is 0. The topological polar surface area (TPSA) is 50.3 Å². The average molecular weight is 236 g/mol. The molecule has 1 aromatic heterocycles. The molecule has 0 bridgehead atoms. The first-order valence-corrected chi connectivity index (χ1v) is 6.06. The highest BCUT2D eigenvalue weighted by Crippen LogP contribution is 2.25. The summed E-state index contributed by atoms with van der Waals surface area (Å²) in [4.78, 5) is 10.7. The van der Waals surface area contributed by atoms with Crippen molar-refractivity contribution in [2.75, 3.05) is 31.1 Å². The number of ether oxygens (including phenoxy) is 1. The second kappa shape index (κ2) is 4.87. The summed E-state index contributed by atoms with van der Waals surface area (Å²) in [5.41, 5.74) is 0.0656. The minimum atomic E-state index is 0.0656. The van der Waals surface area contributed by atoms with Crippen LogP contribution in [0.3, 0.4) is 0 Å². The van der Waals surface area contributed by atoms with E-state index in [1.807, 2.05) is 13.0 Å². The minimum Gasteiger partial charge on any atom is -0.478 e. The number of hydrogen-bond donors (Lipinski definition) is 1. The van der Waals surface area contributed by atoms with Crippen LogP contribution in [0.1, 0.15) is 20.8 Å². The third-order valence-electron chi connectivity index (χ3n) is 3.00. The molecule has 0 aliphatic carbocycles. The van der Waals surface area contributed by atoms with Crippen molar-refractivity contribution in [1.82, 2.24) is 15.3 Å². The number of aromatic nitrogens is 2. The highest BCUT2D eigenvalue weighted by molar-refractivity contribution is 5.44. The fourth-order valence-electron chi connectivity index (χ4n) is 2.11. The van der Waals surface area contributed by atoms with Crippen molar-refractivity contribution in [3.05, 3.63) is 12.4 Å². The Labute approximate surface area is 102 Å². The van der Waals surface area contributed by atoms with Crippen LogP contribution in [0.15, 0.2) is 12.4 Å². The van der Waals surface area contributed by atoms with Crippen LogP contribution in [0.2, 0.25) is 0 Å². The van der Waals surface area contributed by atoms with Crippen molar-refractivity contribution >= 4 is 5.82 Å². The standard InChI is InChI=1S/C12H20N4O/c1-4-17-11-7-10(14-9-15-11)16-6-5-13-8-12(16,2)3/h7,9,13H,4-6,8H2,1-3H3. The van der Waals surface area contributed by atoms with E-state index in [0.717, 1.165) is 25.5 Å². The molecule has 2 heterocycles. The Kier molecular flexibility index (Phi) is 3.47. The average Bonchev–Trinajstić information content (AvgIpc) is 2.29. The predicted octanol–water partition coefficient (Wildman–Crippen LogP) is 1.06. The maximum absolute atomic E-state index is 5.41. The molecule has 0 spiro atoms. The summed E-state index contributed by atoms with van der Waals surface area (Å²) in [5, 5.41) is 3.40. The number of nitrogens with one attached hydrogen (secondary N) is 1. The van der Waals surface area contributed by atoms with Gasteiger partial charge in [0.05, 0.1) is 6.61 Å². The van der Waals surface area contributed by atoms with E-state index in [9.17, 15) is 0 Å².